The average molecular weight is 181 g/mol. The van der Waals surface area contributed by atoms with Gasteiger partial charge in [-0.05, 0) is 6.92 Å². The quantitative estimate of drug-likeness (QED) is 0.523. The lowest BCUT2D eigenvalue weighted by Gasteiger charge is -2.01. The van der Waals surface area contributed by atoms with E-state index in [4.69, 9.17) is 5.39 Å². The van der Waals surface area contributed by atoms with Crippen LogP contribution in [0.1, 0.15) is 5.69 Å². The number of nitrogens with zero attached hydrogens (tertiary/aromatic N) is 4. The lowest BCUT2D eigenvalue weighted by atomic mass is 10.3. The highest BCUT2D eigenvalue weighted by Gasteiger charge is 2.22. The highest BCUT2D eigenvalue weighted by molar-refractivity contribution is 5.45. The number of hydrogen-bond acceptors (Lipinski definition) is 3. The van der Waals surface area contributed by atoms with Crippen molar-refractivity contribution in [3.05, 3.63) is 31.5 Å². The molecule has 6 nitrogen and oxygen atoms in total. The van der Waals surface area contributed by atoms with Crippen molar-refractivity contribution in [1.82, 2.24) is 9.13 Å². The number of diazo groups is 1. The molecular weight excluding hydrogens is 172 g/mol. The predicted molar refractivity (Wildman–Crippen MR) is 46.4 cm³/mol. The number of hydrogen-bond donors (Lipinski definition) is 0. The zero-order valence-corrected chi connectivity index (χ0v) is 7.61. The van der Waals surface area contributed by atoms with Crippen molar-refractivity contribution in [2.75, 3.05) is 0 Å². The molecule has 0 atom stereocenters. The monoisotopic (exact) mass is 181 g/mol. The molecule has 13 heavy (non-hydrogen) atoms. The van der Waals surface area contributed by atoms with Gasteiger partial charge in [0.15, 0.2) is 4.98 Å². The summed E-state index contributed by atoms with van der Waals surface area (Å²) in [5.74, 6) is 0. The van der Waals surface area contributed by atoms with Crippen molar-refractivity contribution in [3.63, 3.8) is 0 Å². The molecule has 0 radical (unpaired) electrons. The van der Waals surface area contributed by atoms with E-state index >= 15 is 0 Å². The molecule has 1 aromatic rings. The summed E-state index contributed by atoms with van der Waals surface area (Å²) in [6.07, 6.45) is 0. The van der Waals surface area contributed by atoms with Gasteiger partial charge in [0.05, 0.1) is 0 Å². The second-order valence-corrected chi connectivity index (χ2v) is 2.74. The molecular formula is C7H9N4O2+. The van der Waals surface area contributed by atoms with Gasteiger partial charge in [0.2, 0.25) is 5.39 Å². The summed E-state index contributed by atoms with van der Waals surface area (Å²) in [7, 11) is 2.84. The van der Waals surface area contributed by atoms with Crippen LogP contribution in [-0.2, 0) is 14.1 Å². The van der Waals surface area contributed by atoms with E-state index in [0.717, 1.165) is 4.57 Å². The standard InChI is InChI=1S/C7H9N4O2/c1-4-5(9-8)6(12)11(3)7(13)10(4)2/h1-3H3/q+1. The van der Waals surface area contributed by atoms with Crippen LogP contribution in [0, 0.1) is 12.3 Å². The minimum Gasteiger partial charge on any atom is -0.293 e. The number of rotatable bonds is 0. The molecule has 6 heteroatoms. The van der Waals surface area contributed by atoms with Crippen LogP contribution in [0.5, 0.6) is 0 Å². The molecule has 68 valence electrons. The Labute approximate surface area is 73.7 Å². The molecule has 0 N–H and O–H groups in total. The Hall–Kier alpha value is -1.90. The van der Waals surface area contributed by atoms with Crippen LogP contribution in [0.2, 0.25) is 0 Å². The maximum atomic E-state index is 11.3. The summed E-state index contributed by atoms with van der Waals surface area (Å²) in [6.45, 7) is 1.54. The molecule has 0 spiro atoms. The fraction of sp³-hybridized carbons (Fsp3) is 0.429. The molecule has 0 fully saturated rings. The van der Waals surface area contributed by atoms with Crippen molar-refractivity contribution >= 4 is 5.69 Å². The van der Waals surface area contributed by atoms with Gasteiger partial charge < -0.3 is 0 Å². The first-order valence-corrected chi connectivity index (χ1v) is 3.62. The summed E-state index contributed by atoms with van der Waals surface area (Å²) in [6, 6.07) is 0. The SMILES string of the molecule is Cc1c([N+]#N)c(=O)n(C)c(=O)n1C. The fourth-order valence-electron chi connectivity index (χ4n) is 1.04. The Bertz CT molecular complexity index is 503. The largest absolute Gasteiger partial charge is 0.468 e. The van der Waals surface area contributed by atoms with Crippen LogP contribution in [0.25, 0.3) is 4.98 Å². The highest BCUT2D eigenvalue weighted by atomic mass is 16.2. The van der Waals surface area contributed by atoms with Crippen LogP contribution < -0.4 is 11.2 Å². The predicted octanol–water partition coefficient (Wildman–Crippen LogP) is -0.123. The third kappa shape index (κ3) is 1.14. The van der Waals surface area contributed by atoms with Gasteiger partial charge in [-0.2, -0.15) is 0 Å². The van der Waals surface area contributed by atoms with Crippen molar-refractivity contribution < 1.29 is 0 Å². The number of aromatic nitrogens is 2. The molecule has 1 rings (SSSR count). The van der Waals surface area contributed by atoms with E-state index < -0.39 is 11.2 Å². The smallest absolute Gasteiger partial charge is 0.293 e. The van der Waals surface area contributed by atoms with Crippen molar-refractivity contribution in [3.8, 4) is 0 Å². The van der Waals surface area contributed by atoms with Gasteiger partial charge in [-0.15, -0.1) is 0 Å². The maximum Gasteiger partial charge on any atom is 0.468 e. The zero-order chi connectivity index (χ0) is 10.2. The normalized spacial score (nSPS) is 9.69. The fourth-order valence-corrected chi connectivity index (χ4v) is 1.04. The van der Waals surface area contributed by atoms with Gasteiger partial charge in [0.1, 0.15) is 5.69 Å². The summed E-state index contributed by atoms with van der Waals surface area (Å²) in [4.78, 5) is 25.4. The minimum atomic E-state index is -0.594. The van der Waals surface area contributed by atoms with Gasteiger partial charge in [-0.1, -0.05) is 0 Å². The molecule has 0 saturated heterocycles. The van der Waals surface area contributed by atoms with Gasteiger partial charge >= 0.3 is 16.9 Å². The molecule has 1 heterocycles. The molecule has 1 aromatic heterocycles. The second kappa shape index (κ2) is 2.86. The molecule has 0 unspecified atom stereocenters. The van der Waals surface area contributed by atoms with Gasteiger partial charge in [-0.25, -0.2) is 4.79 Å². The third-order valence-electron chi connectivity index (χ3n) is 2.03. The first-order chi connectivity index (χ1) is 6.00. The first-order valence-electron chi connectivity index (χ1n) is 3.62. The summed E-state index contributed by atoms with van der Waals surface area (Å²) < 4.78 is 2.14. The Morgan fingerprint density at radius 2 is 1.77 bits per heavy atom. The lowest BCUT2D eigenvalue weighted by Crippen LogP contribution is -2.37. The van der Waals surface area contributed by atoms with Gasteiger partial charge in [0.25, 0.3) is 0 Å². The van der Waals surface area contributed by atoms with Crippen LogP contribution in [-0.4, -0.2) is 9.13 Å². The highest BCUT2D eigenvalue weighted by Crippen LogP contribution is 2.07. The van der Waals surface area contributed by atoms with Crippen LogP contribution in [0.15, 0.2) is 9.59 Å². The van der Waals surface area contributed by atoms with Crippen molar-refractivity contribution in [2.24, 2.45) is 14.1 Å². The topological polar surface area (TPSA) is 72.2 Å². The Balaban J connectivity index is 3.92. The van der Waals surface area contributed by atoms with Crippen LogP contribution >= 0.6 is 0 Å². The van der Waals surface area contributed by atoms with E-state index in [0.29, 0.717) is 5.69 Å². The van der Waals surface area contributed by atoms with Gasteiger partial charge in [0, 0.05) is 14.1 Å². The second-order valence-electron chi connectivity index (χ2n) is 2.74. The maximum absolute atomic E-state index is 11.3. The van der Waals surface area contributed by atoms with Crippen LogP contribution in [0.4, 0.5) is 5.69 Å². The summed E-state index contributed by atoms with van der Waals surface area (Å²) in [5, 5.41) is 8.54. The lowest BCUT2D eigenvalue weighted by molar-refractivity contribution is 0.673. The van der Waals surface area contributed by atoms with E-state index in [-0.39, 0.29) is 5.69 Å². The van der Waals surface area contributed by atoms with Crippen molar-refractivity contribution in [2.45, 2.75) is 6.92 Å². The third-order valence-corrected chi connectivity index (χ3v) is 2.03. The minimum absolute atomic E-state index is 0.107. The summed E-state index contributed by atoms with van der Waals surface area (Å²) in [5.41, 5.74) is -0.793. The van der Waals surface area contributed by atoms with Crippen LogP contribution in [0.3, 0.4) is 0 Å². The van der Waals surface area contributed by atoms with E-state index in [9.17, 15) is 9.59 Å². The molecule has 0 aliphatic carbocycles. The molecule has 0 aliphatic heterocycles. The molecule has 0 aliphatic rings. The van der Waals surface area contributed by atoms with Crippen molar-refractivity contribution in [1.29, 1.82) is 5.39 Å². The molecule has 0 amide bonds. The molecule has 0 bridgehead atoms. The summed E-state index contributed by atoms with van der Waals surface area (Å²) >= 11 is 0. The first kappa shape index (κ1) is 9.19. The average Bonchev–Trinajstić information content (AvgIpc) is 2.13. The Morgan fingerprint density at radius 1 is 1.23 bits per heavy atom. The van der Waals surface area contributed by atoms with Gasteiger partial charge in [-0.3, -0.25) is 13.9 Å². The Morgan fingerprint density at radius 3 is 2.23 bits per heavy atom. The van der Waals surface area contributed by atoms with E-state index in [1.807, 2.05) is 0 Å². The molecule has 0 aromatic carbocycles. The van der Waals surface area contributed by atoms with E-state index in [2.05, 4.69) is 4.98 Å². The zero-order valence-electron chi connectivity index (χ0n) is 7.61. The van der Waals surface area contributed by atoms with E-state index in [1.54, 1.807) is 0 Å². The van der Waals surface area contributed by atoms with E-state index in [1.165, 1.54) is 25.6 Å². The Kier molecular flexibility index (Phi) is 2.02. The molecule has 0 saturated carbocycles.